The number of rotatable bonds is 5. The summed E-state index contributed by atoms with van der Waals surface area (Å²) in [6, 6.07) is 10.2. The molecule has 0 fully saturated rings. The van der Waals surface area contributed by atoms with Crippen LogP contribution >= 0.6 is 0 Å². The molecule has 0 aromatic heterocycles. The molecule has 3 heteroatoms. The van der Waals surface area contributed by atoms with Gasteiger partial charge in [-0.05, 0) is 34.8 Å². The van der Waals surface area contributed by atoms with Gasteiger partial charge in [0.05, 0.1) is 0 Å². The van der Waals surface area contributed by atoms with Crippen LogP contribution in [0.25, 0.3) is 0 Å². The summed E-state index contributed by atoms with van der Waals surface area (Å²) in [5.41, 5.74) is 3.81. The lowest BCUT2D eigenvalue weighted by atomic mass is 9.72. The largest absolute Gasteiger partial charge is 0.384 e. The zero-order valence-electron chi connectivity index (χ0n) is 17.0. The summed E-state index contributed by atoms with van der Waals surface area (Å²) in [5.74, 6) is 0.374. The molecular weight excluding hydrogens is 334 g/mol. The van der Waals surface area contributed by atoms with Crippen molar-refractivity contribution in [3.05, 3.63) is 58.8 Å². The minimum atomic E-state index is -0.0491. The topological polar surface area (TPSA) is 46.2 Å². The molecule has 0 bridgehead atoms. The fourth-order valence-electron chi connectivity index (χ4n) is 4.03. The molecule has 1 N–H and O–H groups in total. The lowest BCUT2D eigenvalue weighted by molar-refractivity contribution is -0.118. The van der Waals surface area contributed by atoms with Gasteiger partial charge in [0.15, 0.2) is 11.6 Å². The molecule has 0 unspecified atom stereocenters. The van der Waals surface area contributed by atoms with E-state index in [0.717, 1.165) is 29.7 Å². The molecule has 144 valence electrons. The Bertz CT molecular complexity index is 797. The van der Waals surface area contributed by atoms with Crippen molar-refractivity contribution in [1.82, 2.24) is 5.32 Å². The highest BCUT2D eigenvalue weighted by Crippen LogP contribution is 2.40. The maximum atomic E-state index is 12.9. The fourth-order valence-corrected chi connectivity index (χ4v) is 4.03. The van der Waals surface area contributed by atoms with Crippen molar-refractivity contribution in [1.29, 1.82) is 0 Å². The smallest absolute Gasteiger partial charge is 0.161 e. The van der Waals surface area contributed by atoms with Crippen LogP contribution in [0.2, 0.25) is 0 Å². The second-order valence-corrected chi connectivity index (χ2v) is 9.61. The van der Waals surface area contributed by atoms with Crippen molar-refractivity contribution < 1.29 is 9.59 Å². The van der Waals surface area contributed by atoms with Crippen molar-refractivity contribution in [2.24, 2.45) is 10.8 Å². The number of carbonyl (C=O) groups is 2. The molecule has 0 radical (unpaired) electrons. The van der Waals surface area contributed by atoms with Gasteiger partial charge in [-0.3, -0.25) is 9.59 Å². The SMILES string of the molecule is CC1(C)CC=C(CC2=C(NCc3ccccc3)CC(C)(C)CC2=O)C(=O)C1. The normalized spacial score (nSPS) is 21.9. The fraction of sp³-hybridized carbons (Fsp3) is 0.500. The van der Waals surface area contributed by atoms with Crippen LogP contribution in [0.15, 0.2) is 53.3 Å². The molecule has 27 heavy (non-hydrogen) atoms. The summed E-state index contributed by atoms with van der Waals surface area (Å²) in [7, 11) is 0. The summed E-state index contributed by atoms with van der Waals surface area (Å²) < 4.78 is 0. The third-order valence-corrected chi connectivity index (χ3v) is 5.61. The van der Waals surface area contributed by atoms with Gasteiger partial charge in [0.2, 0.25) is 0 Å². The van der Waals surface area contributed by atoms with E-state index in [1.54, 1.807) is 0 Å². The van der Waals surface area contributed by atoms with E-state index >= 15 is 0 Å². The Morgan fingerprint density at radius 3 is 2.22 bits per heavy atom. The quantitative estimate of drug-likeness (QED) is 0.787. The van der Waals surface area contributed by atoms with Crippen LogP contribution in [-0.2, 0) is 16.1 Å². The Morgan fingerprint density at radius 2 is 1.56 bits per heavy atom. The summed E-state index contributed by atoms with van der Waals surface area (Å²) in [4.78, 5) is 25.5. The van der Waals surface area contributed by atoms with Crippen molar-refractivity contribution >= 4 is 11.6 Å². The highest BCUT2D eigenvalue weighted by atomic mass is 16.1. The Labute approximate surface area is 162 Å². The molecule has 2 aliphatic rings. The third kappa shape index (κ3) is 4.97. The molecule has 1 aromatic rings. The molecule has 0 heterocycles. The Morgan fingerprint density at radius 1 is 0.889 bits per heavy atom. The Kier molecular flexibility index (Phi) is 5.41. The molecule has 0 saturated heterocycles. The van der Waals surface area contributed by atoms with Crippen LogP contribution in [0.1, 0.15) is 65.4 Å². The van der Waals surface area contributed by atoms with E-state index in [-0.39, 0.29) is 22.4 Å². The van der Waals surface area contributed by atoms with Crippen molar-refractivity contribution in [2.45, 2.75) is 66.3 Å². The van der Waals surface area contributed by atoms with Crippen LogP contribution in [0.5, 0.6) is 0 Å². The monoisotopic (exact) mass is 365 g/mol. The summed E-state index contributed by atoms with van der Waals surface area (Å²) >= 11 is 0. The molecular formula is C24H31NO2. The van der Waals surface area contributed by atoms with E-state index < -0.39 is 0 Å². The first-order chi connectivity index (χ1) is 12.7. The molecule has 2 aliphatic carbocycles. The number of carbonyl (C=O) groups excluding carboxylic acids is 2. The van der Waals surface area contributed by atoms with Crippen LogP contribution < -0.4 is 5.32 Å². The van der Waals surface area contributed by atoms with Gasteiger partial charge in [-0.15, -0.1) is 0 Å². The van der Waals surface area contributed by atoms with Crippen LogP contribution in [-0.4, -0.2) is 11.6 Å². The lowest BCUT2D eigenvalue weighted by Crippen LogP contribution is -2.32. The molecule has 3 nitrogen and oxygen atoms in total. The average molecular weight is 366 g/mol. The zero-order chi connectivity index (χ0) is 19.7. The van der Waals surface area contributed by atoms with E-state index in [1.807, 2.05) is 18.2 Å². The zero-order valence-corrected chi connectivity index (χ0v) is 17.0. The number of allylic oxidation sites excluding steroid dienone is 4. The number of hydrogen-bond donors (Lipinski definition) is 1. The highest BCUT2D eigenvalue weighted by molar-refractivity contribution is 6.02. The molecule has 1 aromatic carbocycles. The molecule has 0 spiro atoms. The summed E-state index contributed by atoms with van der Waals surface area (Å²) in [6.07, 6.45) is 5.38. The van der Waals surface area contributed by atoms with Crippen LogP contribution in [0.3, 0.4) is 0 Å². The van der Waals surface area contributed by atoms with Gasteiger partial charge < -0.3 is 5.32 Å². The number of benzene rings is 1. The third-order valence-electron chi connectivity index (χ3n) is 5.61. The standard InChI is InChI=1S/C24H31NO2/c1-23(2)11-10-18(21(26)14-23)12-19-20(13-24(3,4)15-22(19)27)25-16-17-8-6-5-7-9-17/h5-10,25H,11-16H2,1-4H3. The predicted molar refractivity (Wildman–Crippen MR) is 109 cm³/mol. The molecule has 0 atom stereocenters. The summed E-state index contributed by atoms with van der Waals surface area (Å²) in [5, 5.41) is 3.51. The maximum Gasteiger partial charge on any atom is 0.161 e. The minimum absolute atomic E-state index is 0.0297. The molecule has 0 aliphatic heterocycles. The molecule has 3 rings (SSSR count). The second-order valence-electron chi connectivity index (χ2n) is 9.61. The molecule has 0 amide bonds. The predicted octanol–water partition coefficient (Wildman–Crippen LogP) is 5.13. The maximum absolute atomic E-state index is 12.9. The second kappa shape index (κ2) is 7.46. The number of Topliss-reactive ketones (excluding diaryl/α,β-unsaturated/α-hetero) is 2. The van der Waals surface area contributed by atoms with E-state index in [2.05, 4.69) is 51.2 Å². The number of nitrogens with one attached hydrogen (secondary N) is 1. The van der Waals surface area contributed by atoms with E-state index in [1.165, 1.54) is 5.56 Å². The first-order valence-electron chi connectivity index (χ1n) is 9.90. The van der Waals surface area contributed by atoms with Crippen LogP contribution in [0, 0.1) is 10.8 Å². The Balaban J connectivity index is 1.84. The average Bonchev–Trinajstić information content (AvgIpc) is 2.57. The number of hydrogen-bond acceptors (Lipinski definition) is 3. The van der Waals surface area contributed by atoms with Crippen LogP contribution in [0.4, 0.5) is 0 Å². The van der Waals surface area contributed by atoms with Gasteiger partial charge in [0.25, 0.3) is 0 Å². The van der Waals surface area contributed by atoms with Gasteiger partial charge in [0.1, 0.15) is 0 Å². The Hall–Kier alpha value is -2.16. The van der Waals surface area contributed by atoms with Gasteiger partial charge in [-0.25, -0.2) is 0 Å². The van der Waals surface area contributed by atoms with E-state index in [4.69, 9.17) is 0 Å². The van der Waals surface area contributed by atoms with Crippen molar-refractivity contribution in [3.8, 4) is 0 Å². The minimum Gasteiger partial charge on any atom is -0.384 e. The van der Waals surface area contributed by atoms with Gasteiger partial charge in [-0.2, -0.15) is 0 Å². The number of ketones is 2. The van der Waals surface area contributed by atoms with Crippen molar-refractivity contribution in [2.75, 3.05) is 0 Å². The van der Waals surface area contributed by atoms with E-state index in [9.17, 15) is 9.59 Å². The molecule has 0 saturated carbocycles. The highest BCUT2D eigenvalue weighted by Gasteiger charge is 2.35. The summed E-state index contributed by atoms with van der Waals surface area (Å²) in [6.45, 7) is 9.22. The first-order valence-corrected chi connectivity index (χ1v) is 9.90. The van der Waals surface area contributed by atoms with E-state index in [0.29, 0.717) is 25.8 Å². The van der Waals surface area contributed by atoms with Gasteiger partial charge in [0, 0.05) is 37.1 Å². The first kappa shape index (κ1) is 19.6. The lowest BCUT2D eigenvalue weighted by Gasteiger charge is -2.34. The van der Waals surface area contributed by atoms with Crippen molar-refractivity contribution in [3.63, 3.8) is 0 Å². The van der Waals surface area contributed by atoms with Gasteiger partial charge in [-0.1, -0.05) is 64.1 Å². The van der Waals surface area contributed by atoms with Gasteiger partial charge >= 0.3 is 0 Å².